The summed E-state index contributed by atoms with van der Waals surface area (Å²) in [7, 11) is 2.20. The first kappa shape index (κ1) is 16.5. The van der Waals surface area contributed by atoms with Gasteiger partial charge in [0.1, 0.15) is 0 Å². The largest absolute Gasteiger partial charge is 0.394 e. The van der Waals surface area contributed by atoms with Gasteiger partial charge in [-0.15, -0.1) is 0 Å². The Morgan fingerprint density at radius 1 is 1.24 bits per heavy atom. The normalized spacial score (nSPS) is 25.8. The van der Waals surface area contributed by atoms with E-state index in [1.165, 1.54) is 25.7 Å². The summed E-state index contributed by atoms with van der Waals surface area (Å²) in [5.41, 5.74) is 6.85. The lowest BCUT2D eigenvalue weighted by Gasteiger charge is -2.38. The zero-order chi connectivity index (χ0) is 15.3. The van der Waals surface area contributed by atoms with Crippen LogP contribution < -0.4 is 5.73 Å². The zero-order valence-electron chi connectivity index (χ0n) is 13.5. The van der Waals surface area contributed by atoms with E-state index in [0.717, 1.165) is 24.4 Å². The van der Waals surface area contributed by atoms with Gasteiger partial charge in [-0.25, -0.2) is 0 Å². The van der Waals surface area contributed by atoms with Crippen LogP contribution in [0.15, 0.2) is 30.3 Å². The van der Waals surface area contributed by atoms with E-state index in [1.807, 2.05) is 30.3 Å². The highest BCUT2D eigenvalue weighted by atomic mass is 16.3. The van der Waals surface area contributed by atoms with E-state index in [2.05, 4.69) is 18.9 Å². The Labute approximate surface area is 129 Å². The van der Waals surface area contributed by atoms with Gasteiger partial charge in [-0.2, -0.15) is 0 Å². The Morgan fingerprint density at radius 2 is 1.90 bits per heavy atom. The molecule has 0 spiro atoms. The van der Waals surface area contributed by atoms with Gasteiger partial charge in [0.2, 0.25) is 0 Å². The number of aliphatic hydroxyl groups excluding tert-OH is 1. The molecular weight excluding hydrogens is 260 g/mol. The molecule has 3 N–H and O–H groups in total. The molecule has 118 valence electrons. The maximum atomic E-state index is 9.77. The van der Waals surface area contributed by atoms with Crippen molar-refractivity contribution in [3.63, 3.8) is 0 Å². The van der Waals surface area contributed by atoms with Gasteiger partial charge in [-0.05, 0) is 37.8 Å². The molecule has 0 aliphatic heterocycles. The Bertz CT molecular complexity index is 422. The zero-order valence-corrected chi connectivity index (χ0v) is 13.5. The van der Waals surface area contributed by atoms with Gasteiger partial charge >= 0.3 is 0 Å². The molecule has 3 heteroatoms. The van der Waals surface area contributed by atoms with Crippen LogP contribution >= 0.6 is 0 Å². The number of benzene rings is 1. The molecule has 21 heavy (non-hydrogen) atoms. The first-order valence-corrected chi connectivity index (χ1v) is 8.22. The van der Waals surface area contributed by atoms with Crippen LogP contribution in [0.5, 0.6) is 0 Å². The minimum atomic E-state index is -0.632. The molecule has 0 radical (unpaired) electrons. The van der Waals surface area contributed by atoms with Crippen molar-refractivity contribution in [3.8, 4) is 0 Å². The van der Waals surface area contributed by atoms with Gasteiger partial charge in [-0.3, -0.25) is 0 Å². The average molecular weight is 290 g/mol. The van der Waals surface area contributed by atoms with Crippen LogP contribution in [0.1, 0.15) is 44.6 Å². The molecule has 0 heterocycles. The van der Waals surface area contributed by atoms with Crippen molar-refractivity contribution in [2.75, 3.05) is 20.2 Å². The second-order valence-corrected chi connectivity index (χ2v) is 6.74. The summed E-state index contributed by atoms with van der Waals surface area (Å²) in [6.45, 7) is 3.28. The molecular formula is C18H30N2O. The van der Waals surface area contributed by atoms with Gasteiger partial charge in [0, 0.05) is 12.6 Å². The lowest BCUT2D eigenvalue weighted by molar-refractivity contribution is 0.114. The molecule has 0 amide bonds. The molecule has 1 aromatic rings. The molecule has 1 saturated carbocycles. The van der Waals surface area contributed by atoms with Gasteiger partial charge in [0.05, 0.1) is 12.1 Å². The highest BCUT2D eigenvalue weighted by molar-refractivity contribution is 5.24. The van der Waals surface area contributed by atoms with Crippen molar-refractivity contribution in [2.45, 2.75) is 50.6 Å². The summed E-state index contributed by atoms with van der Waals surface area (Å²) < 4.78 is 0. The van der Waals surface area contributed by atoms with Crippen molar-refractivity contribution in [1.82, 2.24) is 4.90 Å². The molecule has 1 aliphatic carbocycles. The molecule has 3 atom stereocenters. The molecule has 1 aliphatic rings. The maximum absolute atomic E-state index is 9.77. The van der Waals surface area contributed by atoms with Gasteiger partial charge in [0.15, 0.2) is 0 Å². The molecule has 1 aromatic carbocycles. The molecule has 0 aromatic heterocycles. The molecule has 1 fully saturated rings. The lowest BCUT2D eigenvalue weighted by Crippen LogP contribution is -2.46. The van der Waals surface area contributed by atoms with Crippen LogP contribution in [0.2, 0.25) is 0 Å². The summed E-state index contributed by atoms with van der Waals surface area (Å²) in [4.78, 5) is 2.45. The molecule has 0 bridgehead atoms. The van der Waals surface area contributed by atoms with Crippen molar-refractivity contribution < 1.29 is 5.11 Å². The second-order valence-electron chi connectivity index (χ2n) is 6.74. The Hall–Kier alpha value is -0.900. The monoisotopic (exact) mass is 290 g/mol. The Morgan fingerprint density at radius 3 is 2.52 bits per heavy atom. The quantitative estimate of drug-likeness (QED) is 0.847. The lowest BCUT2D eigenvalue weighted by atomic mass is 9.84. The summed E-state index contributed by atoms with van der Waals surface area (Å²) in [5, 5.41) is 9.77. The Balaban J connectivity index is 1.96. The van der Waals surface area contributed by atoms with E-state index in [9.17, 15) is 5.11 Å². The fourth-order valence-corrected chi connectivity index (χ4v) is 3.58. The minimum Gasteiger partial charge on any atom is -0.394 e. The van der Waals surface area contributed by atoms with Crippen LogP contribution in [0.25, 0.3) is 0 Å². The van der Waals surface area contributed by atoms with E-state index in [0.29, 0.717) is 6.04 Å². The standard InChI is InChI=1S/C18H30N2O/c1-15-8-6-7-11-17(15)20(2)13-12-18(19,14-21)16-9-4-3-5-10-16/h3-5,9-10,15,17,21H,6-8,11-14,19H2,1-2H3. The summed E-state index contributed by atoms with van der Waals surface area (Å²) >= 11 is 0. The smallest absolute Gasteiger partial charge is 0.0656 e. The predicted molar refractivity (Wildman–Crippen MR) is 88.1 cm³/mol. The number of rotatable bonds is 6. The average Bonchev–Trinajstić information content (AvgIpc) is 2.53. The summed E-state index contributed by atoms with van der Waals surface area (Å²) in [5.74, 6) is 0.766. The van der Waals surface area contributed by atoms with E-state index in [4.69, 9.17) is 5.73 Å². The number of hydrogen-bond donors (Lipinski definition) is 2. The fourth-order valence-electron chi connectivity index (χ4n) is 3.58. The molecule has 3 unspecified atom stereocenters. The molecule has 0 saturated heterocycles. The van der Waals surface area contributed by atoms with E-state index < -0.39 is 5.54 Å². The topological polar surface area (TPSA) is 49.5 Å². The number of nitrogens with two attached hydrogens (primary N) is 1. The van der Waals surface area contributed by atoms with Crippen molar-refractivity contribution in [3.05, 3.63) is 35.9 Å². The molecule has 2 rings (SSSR count). The van der Waals surface area contributed by atoms with Crippen LogP contribution in [0.4, 0.5) is 0 Å². The van der Waals surface area contributed by atoms with Crippen LogP contribution in [0.3, 0.4) is 0 Å². The van der Waals surface area contributed by atoms with Gasteiger partial charge in [0.25, 0.3) is 0 Å². The van der Waals surface area contributed by atoms with E-state index >= 15 is 0 Å². The third-order valence-corrected chi connectivity index (χ3v) is 5.17. The van der Waals surface area contributed by atoms with Crippen LogP contribution in [-0.2, 0) is 5.54 Å². The highest BCUT2D eigenvalue weighted by Gasteiger charge is 2.29. The molecule has 3 nitrogen and oxygen atoms in total. The third-order valence-electron chi connectivity index (χ3n) is 5.17. The summed E-state index contributed by atoms with van der Waals surface area (Å²) in [6, 6.07) is 10.6. The first-order chi connectivity index (χ1) is 10.1. The van der Waals surface area contributed by atoms with Crippen LogP contribution in [-0.4, -0.2) is 36.2 Å². The number of nitrogens with zero attached hydrogens (tertiary/aromatic N) is 1. The Kier molecular flexibility index (Phi) is 5.80. The fraction of sp³-hybridized carbons (Fsp3) is 0.667. The first-order valence-electron chi connectivity index (χ1n) is 8.22. The van der Waals surface area contributed by atoms with E-state index in [-0.39, 0.29) is 6.61 Å². The van der Waals surface area contributed by atoms with Gasteiger partial charge < -0.3 is 15.7 Å². The number of hydrogen-bond acceptors (Lipinski definition) is 3. The van der Waals surface area contributed by atoms with Crippen molar-refractivity contribution >= 4 is 0 Å². The minimum absolute atomic E-state index is 0.00886. The van der Waals surface area contributed by atoms with Gasteiger partial charge in [-0.1, -0.05) is 50.1 Å². The highest BCUT2D eigenvalue weighted by Crippen LogP contribution is 2.29. The third kappa shape index (κ3) is 4.06. The van der Waals surface area contributed by atoms with Crippen LogP contribution in [0, 0.1) is 5.92 Å². The van der Waals surface area contributed by atoms with Crippen molar-refractivity contribution in [1.29, 1.82) is 0 Å². The maximum Gasteiger partial charge on any atom is 0.0656 e. The van der Waals surface area contributed by atoms with Crippen molar-refractivity contribution in [2.24, 2.45) is 11.7 Å². The summed E-state index contributed by atoms with van der Waals surface area (Å²) in [6.07, 6.45) is 6.12. The predicted octanol–water partition coefficient (Wildman–Crippen LogP) is 2.73. The number of aliphatic hydroxyl groups is 1. The second kappa shape index (κ2) is 7.39. The van der Waals surface area contributed by atoms with E-state index in [1.54, 1.807) is 0 Å². The SMILES string of the molecule is CC1CCCCC1N(C)CCC(N)(CO)c1ccccc1.